The SMILES string of the molecule is C[CH]C1CCC(N)C1. The highest BCUT2D eigenvalue weighted by atomic mass is 14.6. The summed E-state index contributed by atoms with van der Waals surface area (Å²) in [4.78, 5) is 0. The third-order valence-corrected chi connectivity index (χ3v) is 1.99. The lowest BCUT2D eigenvalue weighted by atomic mass is 10.1. The fraction of sp³-hybridized carbons (Fsp3) is 0.857. The van der Waals surface area contributed by atoms with Gasteiger partial charge in [-0.05, 0) is 31.6 Å². The lowest BCUT2D eigenvalue weighted by Crippen LogP contribution is -2.14. The molecule has 0 bridgehead atoms. The Hall–Kier alpha value is -0.0400. The molecule has 0 saturated heterocycles. The van der Waals surface area contributed by atoms with Crippen LogP contribution in [-0.2, 0) is 0 Å². The van der Waals surface area contributed by atoms with Crippen LogP contribution in [0.5, 0.6) is 0 Å². The summed E-state index contributed by atoms with van der Waals surface area (Å²) < 4.78 is 0. The standard InChI is InChI=1S/C7H14N/c1-2-6-3-4-7(8)5-6/h2,6-7H,3-5,8H2,1H3. The molecule has 8 heavy (non-hydrogen) atoms. The lowest BCUT2D eigenvalue weighted by molar-refractivity contribution is 0.614. The minimum atomic E-state index is 0.496. The normalized spacial score (nSPS) is 38.2. The Morgan fingerprint density at radius 1 is 1.50 bits per heavy atom. The van der Waals surface area contributed by atoms with E-state index in [4.69, 9.17) is 5.73 Å². The van der Waals surface area contributed by atoms with E-state index in [-0.39, 0.29) is 0 Å². The maximum Gasteiger partial charge on any atom is 0.00416 e. The Bertz CT molecular complexity index is 70.8. The van der Waals surface area contributed by atoms with Crippen LogP contribution in [0.3, 0.4) is 0 Å². The predicted octanol–water partition coefficient (Wildman–Crippen LogP) is 1.34. The molecule has 1 fully saturated rings. The molecule has 1 nitrogen and oxygen atoms in total. The molecular formula is C7H14N. The molecule has 2 atom stereocenters. The summed E-state index contributed by atoms with van der Waals surface area (Å²) in [5.41, 5.74) is 5.68. The van der Waals surface area contributed by atoms with E-state index in [9.17, 15) is 0 Å². The largest absolute Gasteiger partial charge is 0.328 e. The quantitative estimate of drug-likeness (QED) is 0.544. The number of rotatable bonds is 1. The van der Waals surface area contributed by atoms with Gasteiger partial charge in [0.15, 0.2) is 0 Å². The summed E-state index contributed by atoms with van der Waals surface area (Å²) >= 11 is 0. The van der Waals surface area contributed by atoms with Gasteiger partial charge in [-0.3, -0.25) is 0 Å². The second-order valence-electron chi connectivity index (χ2n) is 2.67. The van der Waals surface area contributed by atoms with Crippen LogP contribution in [0.2, 0.25) is 0 Å². The molecular weight excluding hydrogens is 98.1 g/mol. The average molecular weight is 112 g/mol. The van der Waals surface area contributed by atoms with E-state index in [2.05, 4.69) is 13.3 Å². The first-order valence-electron chi connectivity index (χ1n) is 3.38. The molecule has 2 unspecified atom stereocenters. The van der Waals surface area contributed by atoms with Crippen LogP contribution in [0.1, 0.15) is 26.2 Å². The highest BCUT2D eigenvalue weighted by Crippen LogP contribution is 2.25. The van der Waals surface area contributed by atoms with Crippen molar-refractivity contribution >= 4 is 0 Å². The second kappa shape index (κ2) is 2.49. The molecule has 1 heteroatoms. The first kappa shape index (κ1) is 6.09. The molecule has 1 radical (unpaired) electrons. The third-order valence-electron chi connectivity index (χ3n) is 1.99. The molecule has 1 saturated carbocycles. The highest BCUT2D eigenvalue weighted by molar-refractivity contribution is 4.83. The topological polar surface area (TPSA) is 26.0 Å². The first-order valence-corrected chi connectivity index (χ1v) is 3.38. The molecule has 0 aromatic carbocycles. The van der Waals surface area contributed by atoms with Crippen molar-refractivity contribution in [2.45, 2.75) is 32.2 Å². The van der Waals surface area contributed by atoms with Crippen molar-refractivity contribution in [1.82, 2.24) is 0 Å². The van der Waals surface area contributed by atoms with Gasteiger partial charge in [-0.15, -0.1) is 0 Å². The highest BCUT2D eigenvalue weighted by Gasteiger charge is 2.19. The Kier molecular flexibility index (Phi) is 1.90. The van der Waals surface area contributed by atoms with Crippen molar-refractivity contribution in [3.05, 3.63) is 6.42 Å². The maximum absolute atomic E-state index is 5.68. The molecule has 0 aromatic rings. The van der Waals surface area contributed by atoms with Crippen molar-refractivity contribution in [3.63, 3.8) is 0 Å². The number of hydrogen-bond acceptors (Lipinski definition) is 1. The minimum absolute atomic E-state index is 0.496. The van der Waals surface area contributed by atoms with E-state index in [0.29, 0.717) is 6.04 Å². The Morgan fingerprint density at radius 3 is 2.50 bits per heavy atom. The minimum Gasteiger partial charge on any atom is -0.328 e. The van der Waals surface area contributed by atoms with Crippen molar-refractivity contribution in [2.24, 2.45) is 11.7 Å². The summed E-state index contributed by atoms with van der Waals surface area (Å²) in [6.07, 6.45) is 6.04. The van der Waals surface area contributed by atoms with E-state index in [1.54, 1.807) is 0 Å². The van der Waals surface area contributed by atoms with Crippen LogP contribution in [0.15, 0.2) is 0 Å². The van der Waals surface area contributed by atoms with Gasteiger partial charge in [-0.25, -0.2) is 0 Å². The van der Waals surface area contributed by atoms with E-state index in [1.807, 2.05) is 0 Å². The van der Waals surface area contributed by atoms with Gasteiger partial charge >= 0.3 is 0 Å². The van der Waals surface area contributed by atoms with Crippen molar-refractivity contribution in [3.8, 4) is 0 Å². The average Bonchev–Trinajstić information content (AvgIpc) is 2.14. The Balaban J connectivity index is 2.22. The van der Waals surface area contributed by atoms with Gasteiger partial charge in [0, 0.05) is 6.04 Å². The van der Waals surface area contributed by atoms with Gasteiger partial charge in [-0.2, -0.15) is 0 Å². The van der Waals surface area contributed by atoms with Gasteiger partial charge in [-0.1, -0.05) is 6.92 Å². The number of hydrogen-bond donors (Lipinski definition) is 1. The van der Waals surface area contributed by atoms with Crippen LogP contribution >= 0.6 is 0 Å². The Labute approximate surface area is 51.3 Å². The van der Waals surface area contributed by atoms with Crippen LogP contribution in [0.25, 0.3) is 0 Å². The second-order valence-corrected chi connectivity index (χ2v) is 2.67. The van der Waals surface area contributed by atoms with Crippen LogP contribution < -0.4 is 5.73 Å². The van der Waals surface area contributed by atoms with Gasteiger partial charge < -0.3 is 5.73 Å². The monoisotopic (exact) mass is 112 g/mol. The fourth-order valence-corrected chi connectivity index (χ4v) is 1.36. The molecule has 0 spiro atoms. The van der Waals surface area contributed by atoms with Gasteiger partial charge in [0.2, 0.25) is 0 Å². The number of nitrogens with two attached hydrogens (primary N) is 1. The van der Waals surface area contributed by atoms with Gasteiger partial charge in [0.05, 0.1) is 0 Å². The zero-order valence-electron chi connectivity index (χ0n) is 5.43. The van der Waals surface area contributed by atoms with Crippen LogP contribution in [0.4, 0.5) is 0 Å². The molecule has 2 N–H and O–H groups in total. The van der Waals surface area contributed by atoms with Gasteiger partial charge in [0.1, 0.15) is 0 Å². The van der Waals surface area contributed by atoms with E-state index in [1.165, 1.54) is 19.3 Å². The van der Waals surface area contributed by atoms with Crippen LogP contribution in [-0.4, -0.2) is 6.04 Å². The van der Waals surface area contributed by atoms with Crippen LogP contribution in [0, 0.1) is 12.3 Å². The van der Waals surface area contributed by atoms with E-state index < -0.39 is 0 Å². The van der Waals surface area contributed by atoms with E-state index in [0.717, 1.165) is 5.92 Å². The third kappa shape index (κ3) is 1.22. The molecule has 0 aromatic heterocycles. The summed E-state index contributed by atoms with van der Waals surface area (Å²) in [6, 6.07) is 0.496. The maximum atomic E-state index is 5.68. The molecule has 0 heterocycles. The molecule has 1 rings (SSSR count). The zero-order valence-corrected chi connectivity index (χ0v) is 5.43. The Morgan fingerprint density at radius 2 is 2.25 bits per heavy atom. The summed E-state index contributed by atoms with van der Waals surface area (Å²) in [7, 11) is 0. The van der Waals surface area contributed by atoms with Crippen molar-refractivity contribution < 1.29 is 0 Å². The van der Waals surface area contributed by atoms with Crippen molar-refractivity contribution in [2.75, 3.05) is 0 Å². The van der Waals surface area contributed by atoms with Gasteiger partial charge in [0.25, 0.3) is 0 Å². The first-order chi connectivity index (χ1) is 3.83. The fourth-order valence-electron chi connectivity index (χ4n) is 1.36. The molecule has 0 amide bonds. The van der Waals surface area contributed by atoms with Crippen molar-refractivity contribution in [1.29, 1.82) is 0 Å². The lowest BCUT2D eigenvalue weighted by Gasteiger charge is -2.01. The summed E-state index contributed by atoms with van der Waals surface area (Å²) in [5.74, 6) is 0.824. The molecule has 1 aliphatic carbocycles. The van der Waals surface area contributed by atoms with E-state index >= 15 is 0 Å². The smallest absolute Gasteiger partial charge is 0.00416 e. The summed E-state index contributed by atoms with van der Waals surface area (Å²) in [6.45, 7) is 2.13. The summed E-state index contributed by atoms with van der Waals surface area (Å²) in [5, 5.41) is 0. The molecule has 1 aliphatic rings. The predicted molar refractivity (Wildman–Crippen MR) is 35.3 cm³/mol. The molecule has 0 aliphatic heterocycles. The molecule has 47 valence electrons. The zero-order chi connectivity index (χ0) is 5.98.